The number of aromatic nitrogens is 1. The minimum Gasteiger partial charge on any atom is -0.494 e. The predicted molar refractivity (Wildman–Crippen MR) is 76.0 cm³/mol. The van der Waals surface area contributed by atoms with Crippen LogP contribution in [0.15, 0.2) is 24.4 Å². The van der Waals surface area contributed by atoms with Gasteiger partial charge in [0.2, 0.25) is 0 Å². The van der Waals surface area contributed by atoms with Crippen LogP contribution in [-0.4, -0.2) is 18.6 Å². The number of nitrogens with one attached hydrogen (secondary N) is 1. The highest BCUT2D eigenvalue weighted by Crippen LogP contribution is 2.36. The van der Waals surface area contributed by atoms with Crippen molar-refractivity contribution in [2.75, 3.05) is 24.7 Å². The molecule has 0 unspecified atom stereocenters. The number of nitrogen functional groups attached to an aromatic ring is 1. The van der Waals surface area contributed by atoms with Gasteiger partial charge in [0.15, 0.2) is 0 Å². The maximum Gasteiger partial charge on any atom is 0.144 e. The molecule has 1 heterocycles. The summed E-state index contributed by atoms with van der Waals surface area (Å²) in [6, 6.07) is 5.83. The summed E-state index contributed by atoms with van der Waals surface area (Å²) in [4.78, 5) is 4.40. The first kappa shape index (κ1) is 12.5. The summed E-state index contributed by atoms with van der Waals surface area (Å²) in [5.41, 5.74) is 8.48. The van der Waals surface area contributed by atoms with E-state index < -0.39 is 0 Å². The van der Waals surface area contributed by atoms with E-state index in [0.717, 1.165) is 23.1 Å². The molecule has 0 fully saturated rings. The van der Waals surface area contributed by atoms with Crippen LogP contribution in [0, 0.1) is 5.92 Å². The average molecular weight is 245 g/mol. The van der Waals surface area contributed by atoms with Crippen molar-refractivity contribution in [3.8, 4) is 5.75 Å². The van der Waals surface area contributed by atoms with Gasteiger partial charge in [0, 0.05) is 18.1 Å². The van der Waals surface area contributed by atoms with Crippen molar-refractivity contribution in [1.29, 1.82) is 0 Å². The summed E-state index contributed by atoms with van der Waals surface area (Å²) >= 11 is 0. The number of fused-ring (bicyclic) bond motifs is 1. The second-order valence-corrected chi connectivity index (χ2v) is 4.72. The van der Waals surface area contributed by atoms with Crippen molar-refractivity contribution < 1.29 is 4.74 Å². The van der Waals surface area contributed by atoms with Crippen LogP contribution in [0.4, 0.5) is 11.4 Å². The highest BCUT2D eigenvalue weighted by Gasteiger charge is 2.12. The van der Waals surface area contributed by atoms with E-state index in [0.29, 0.717) is 17.4 Å². The van der Waals surface area contributed by atoms with E-state index in [-0.39, 0.29) is 0 Å². The second-order valence-electron chi connectivity index (χ2n) is 4.72. The van der Waals surface area contributed by atoms with Crippen molar-refractivity contribution in [3.63, 3.8) is 0 Å². The Morgan fingerprint density at radius 3 is 2.89 bits per heavy atom. The van der Waals surface area contributed by atoms with E-state index >= 15 is 0 Å². The van der Waals surface area contributed by atoms with Crippen LogP contribution in [-0.2, 0) is 0 Å². The summed E-state index contributed by atoms with van der Waals surface area (Å²) in [5, 5.41) is 4.39. The molecule has 0 aliphatic heterocycles. The highest BCUT2D eigenvalue weighted by atomic mass is 16.5. The van der Waals surface area contributed by atoms with Crippen LogP contribution in [0.2, 0.25) is 0 Å². The predicted octanol–water partition coefficient (Wildman–Crippen LogP) is 2.89. The molecule has 18 heavy (non-hydrogen) atoms. The largest absolute Gasteiger partial charge is 0.494 e. The summed E-state index contributed by atoms with van der Waals surface area (Å²) in [6.07, 6.45) is 1.77. The fourth-order valence-corrected chi connectivity index (χ4v) is 1.87. The summed E-state index contributed by atoms with van der Waals surface area (Å²) in [5.74, 6) is 1.22. The van der Waals surface area contributed by atoms with Gasteiger partial charge < -0.3 is 15.8 Å². The lowest BCUT2D eigenvalue weighted by molar-refractivity contribution is 0.417. The van der Waals surface area contributed by atoms with Gasteiger partial charge in [-0.2, -0.15) is 0 Å². The number of methoxy groups -OCH3 is 1. The van der Waals surface area contributed by atoms with Gasteiger partial charge in [0.05, 0.1) is 24.0 Å². The lowest BCUT2D eigenvalue weighted by Crippen LogP contribution is -2.11. The Morgan fingerprint density at radius 1 is 1.44 bits per heavy atom. The van der Waals surface area contributed by atoms with Crippen LogP contribution in [0.1, 0.15) is 13.8 Å². The van der Waals surface area contributed by atoms with E-state index in [1.807, 2.05) is 18.2 Å². The van der Waals surface area contributed by atoms with Crippen LogP contribution < -0.4 is 15.8 Å². The molecule has 96 valence electrons. The molecule has 1 aromatic heterocycles. The average Bonchev–Trinajstić information content (AvgIpc) is 2.36. The Kier molecular flexibility index (Phi) is 3.55. The first-order valence-corrected chi connectivity index (χ1v) is 6.08. The molecule has 4 heteroatoms. The third kappa shape index (κ3) is 2.32. The number of ether oxygens (including phenoxy) is 1. The number of anilines is 2. The summed E-state index contributed by atoms with van der Waals surface area (Å²) < 4.78 is 5.31. The van der Waals surface area contributed by atoms with Gasteiger partial charge in [-0.3, -0.25) is 4.98 Å². The molecule has 0 spiro atoms. The SMILES string of the molecule is COc1cc2cccnc2c(NCC(C)C)c1N. The normalized spacial score (nSPS) is 10.9. The number of pyridine rings is 1. The molecular weight excluding hydrogens is 226 g/mol. The zero-order chi connectivity index (χ0) is 13.1. The molecule has 0 atom stereocenters. The van der Waals surface area contributed by atoms with Crippen LogP contribution in [0.25, 0.3) is 10.9 Å². The van der Waals surface area contributed by atoms with E-state index in [9.17, 15) is 0 Å². The van der Waals surface area contributed by atoms with Crippen molar-refractivity contribution in [2.24, 2.45) is 5.92 Å². The Hall–Kier alpha value is -1.97. The van der Waals surface area contributed by atoms with Gasteiger partial charge in [0.25, 0.3) is 0 Å². The van der Waals surface area contributed by atoms with E-state index in [2.05, 4.69) is 24.1 Å². The first-order chi connectivity index (χ1) is 8.63. The second kappa shape index (κ2) is 5.12. The smallest absolute Gasteiger partial charge is 0.144 e. The number of benzene rings is 1. The molecule has 0 aliphatic carbocycles. The minimum atomic E-state index is 0.536. The van der Waals surface area contributed by atoms with E-state index in [1.54, 1.807) is 13.3 Å². The number of nitrogens with two attached hydrogens (primary N) is 1. The van der Waals surface area contributed by atoms with Gasteiger partial charge in [-0.05, 0) is 18.1 Å². The van der Waals surface area contributed by atoms with Crippen molar-refractivity contribution >= 4 is 22.3 Å². The topological polar surface area (TPSA) is 60.2 Å². The van der Waals surface area contributed by atoms with Gasteiger partial charge in [0.1, 0.15) is 5.75 Å². The minimum absolute atomic E-state index is 0.536. The van der Waals surface area contributed by atoms with E-state index in [1.165, 1.54) is 0 Å². The summed E-state index contributed by atoms with van der Waals surface area (Å²) in [6.45, 7) is 5.15. The van der Waals surface area contributed by atoms with Crippen LogP contribution in [0.3, 0.4) is 0 Å². The van der Waals surface area contributed by atoms with E-state index in [4.69, 9.17) is 10.5 Å². The van der Waals surface area contributed by atoms with Crippen LogP contribution >= 0.6 is 0 Å². The van der Waals surface area contributed by atoms with Crippen LogP contribution in [0.5, 0.6) is 5.75 Å². The number of nitrogens with zero attached hydrogens (tertiary/aromatic N) is 1. The molecule has 0 saturated heterocycles. The maximum absolute atomic E-state index is 6.12. The van der Waals surface area contributed by atoms with Gasteiger partial charge in [-0.25, -0.2) is 0 Å². The lowest BCUT2D eigenvalue weighted by atomic mass is 10.1. The van der Waals surface area contributed by atoms with Crippen molar-refractivity contribution in [1.82, 2.24) is 4.98 Å². The Morgan fingerprint density at radius 2 is 2.22 bits per heavy atom. The molecule has 0 amide bonds. The zero-order valence-electron chi connectivity index (χ0n) is 11.0. The molecular formula is C14H19N3O. The monoisotopic (exact) mass is 245 g/mol. The highest BCUT2D eigenvalue weighted by molar-refractivity contribution is 5.99. The molecule has 0 aliphatic rings. The Balaban J connectivity index is 2.55. The third-order valence-corrected chi connectivity index (χ3v) is 2.80. The zero-order valence-corrected chi connectivity index (χ0v) is 11.0. The third-order valence-electron chi connectivity index (χ3n) is 2.80. The van der Waals surface area contributed by atoms with Crippen molar-refractivity contribution in [3.05, 3.63) is 24.4 Å². The maximum atomic E-state index is 6.12. The molecule has 4 nitrogen and oxygen atoms in total. The van der Waals surface area contributed by atoms with Gasteiger partial charge in [-0.1, -0.05) is 19.9 Å². The Bertz CT molecular complexity index is 552. The summed E-state index contributed by atoms with van der Waals surface area (Å²) in [7, 11) is 1.63. The first-order valence-electron chi connectivity index (χ1n) is 6.08. The molecule has 0 radical (unpaired) electrons. The molecule has 2 rings (SSSR count). The van der Waals surface area contributed by atoms with Gasteiger partial charge in [-0.15, -0.1) is 0 Å². The molecule has 2 aromatic rings. The number of hydrogen-bond donors (Lipinski definition) is 2. The lowest BCUT2D eigenvalue weighted by Gasteiger charge is -2.16. The fraction of sp³-hybridized carbons (Fsp3) is 0.357. The number of hydrogen-bond acceptors (Lipinski definition) is 4. The Labute approximate surface area is 107 Å². The molecule has 1 aromatic carbocycles. The fourth-order valence-electron chi connectivity index (χ4n) is 1.87. The molecule has 3 N–H and O–H groups in total. The molecule has 0 bridgehead atoms. The quantitative estimate of drug-likeness (QED) is 0.813. The molecule has 0 saturated carbocycles. The number of rotatable bonds is 4. The van der Waals surface area contributed by atoms with Gasteiger partial charge >= 0.3 is 0 Å². The standard InChI is InChI=1S/C14H19N3O/c1-9(2)8-17-14-12(15)11(18-3)7-10-5-4-6-16-13(10)14/h4-7,9,17H,8,15H2,1-3H3. The van der Waals surface area contributed by atoms with Crippen molar-refractivity contribution in [2.45, 2.75) is 13.8 Å².